The number of thioether (sulfide) groups is 1. The fraction of sp³-hybridized carbons (Fsp3) is 0.320. The molecule has 2 aliphatic rings. The summed E-state index contributed by atoms with van der Waals surface area (Å²) in [7, 11) is 0. The van der Waals surface area contributed by atoms with Crippen LogP contribution in [0, 0.1) is 0 Å². The maximum Gasteiger partial charge on any atom is 1.00 e. The Labute approximate surface area is 258 Å². The molecule has 0 saturated carbocycles. The molecular weight excluding hydrogens is 567 g/mol. The molecule has 0 bridgehead atoms. The molecule has 0 radical (unpaired) electrons. The number of benzene rings is 1. The van der Waals surface area contributed by atoms with Crippen molar-refractivity contribution >= 4 is 41.1 Å². The Bertz CT molecular complexity index is 1610. The van der Waals surface area contributed by atoms with Crippen molar-refractivity contribution in [2.45, 2.75) is 48.7 Å². The van der Waals surface area contributed by atoms with Crippen LogP contribution in [0.5, 0.6) is 5.88 Å². The average Bonchev–Trinajstić information content (AvgIpc) is 3.18. The first-order valence-corrected chi connectivity index (χ1v) is 12.9. The molecule has 208 valence electrons. The zero-order valence-electron chi connectivity index (χ0n) is 22.1. The van der Waals surface area contributed by atoms with E-state index in [1.54, 1.807) is 13.8 Å². The Kier molecular flexibility index (Phi) is 8.47. The number of nitrogens with one attached hydrogen (secondary N) is 2. The number of carbonyl (C=O) groups excluding carboxylic acids is 4. The number of β-lactam (4-membered cyclic amide) rings is 1. The van der Waals surface area contributed by atoms with Crippen LogP contribution in [0.25, 0.3) is 5.65 Å². The zero-order valence-corrected chi connectivity index (χ0v) is 24.9. The molecule has 2 saturated heterocycles. The minimum Gasteiger partial charge on any atom is -0.548 e. The van der Waals surface area contributed by atoms with Gasteiger partial charge in [0.05, 0.1) is 18.6 Å². The van der Waals surface area contributed by atoms with Crippen LogP contribution in [0.2, 0.25) is 0 Å². The van der Waals surface area contributed by atoms with E-state index < -0.39 is 68.9 Å². The molecule has 3 amide bonds. The molecule has 0 aliphatic carbocycles. The van der Waals surface area contributed by atoms with Gasteiger partial charge in [0.1, 0.15) is 23.0 Å². The van der Waals surface area contributed by atoms with Crippen LogP contribution in [-0.2, 0) is 21.0 Å². The number of amides is 3. The Morgan fingerprint density at radius 2 is 1.83 bits per heavy atom. The number of aliphatic hydroxyl groups is 1. The molecule has 4 N–H and O–H groups in total. The summed E-state index contributed by atoms with van der Waals surface area (Å²) in [5.74, 6) is -4.23. The number of aliphatic hydroxyl groups excluding tert-OH is 1. The average molecular weight is 591 g/mol. The van der Waals surface area contributed by atoms with Crippen LogP contribution in [0.3, 0.4) is 0 Å². The number of aromatic nitrogens is 3. The van der Waals surface area contributed by atoms with Crippen molar-refractivity contribution in [1.82, 2.24) is 30.1 Å². The van der Waals surface area contributed by atoms with Crippen LogP contribution in [-0.4, -0.2) is 75.6 Å². The summed E-state index contributed by atoms with van der Waals surface area (Å²) in [6.07, 6.45) is 1.01. The standard InChI is InChI=1S/C25H24N6O8S.Na/c1-25(2)18(24(38)39)30-22(37)17(23(30)40-25)28-20(35)16(12-5-3-11(10-32)4-6-12)27-19(34)13-9-26-14-7-8-15(33)29-31(14)21(13)36;/h3-9,16-18,23,32H,10H2,1-2H3,(H,27,34)(H,28,35)(H,29,33)(H,38,39);/q;+1/p-1/t16?,17-,18+,23-;/m1./s1. The molecule has 2 fully saturated rings. The van der Waals surface area contributed by atoms with Crippen molar-refractivity contribution in [3.63, 3.8) is 0 Å². The van der Waals surface area contributed by atoms with Crippen molar-refractivity contribution in [3.05, 3.63) is 69.6 Å². The Balaban J connectivity index is 0.00000387. The summed E-state index contributed by atoms with van der Waals surface area (Å²) in [5.41, 5.74) is -0.455. The number of carbonyl (C=O) groups is 4. The van der Waals surface area contributed by atoms with E-state index >= 15 is 0 Å². The molecule has 2 aromatic heterocycles. The second-order valence-electron chi connectivity index (χ2n) is 9.81. The zero-order chi connectivity index (χ0) is 28.9. The van der Waals surface area contributed by atoms with Gasteiger partial charge in [0, 0.05) is 17.0 Å². The van der Waals surface area contributed by atoms with Crippen LogP contribution in [0.4, 0.5) is 0 Å². The molecule has 4 heterocycles. The van der Waals surface area contributed by atoms with E-state index in [0.717, 1.165) is 10.7 Å². The number of nitrogens with zero attached hydrogens (tertiary/aromatic N) is 4. The molecule has 41 heavy (non-hydrogen) atoms. The number of hydrogen-bond donors (Lipinski definition) is 4. The summed E-state index contributed by atoms with van der Waals surface area (Å²) in [6, 6.07) is 4.99. The van der Waals surface area contributed by atoms with Crippen molar-refractivity contribution < 1.29 is 64.1 Å². The van der Waals surface area contributed by atoms with Crippen LogP contribution in [0.1, 0.15) is 41.4 Å². The summed E-state index contributed by atoms with van der Waals surface area (Å²) < 4.78 is -0.121. The predicted octanol–water partition coefficient (Wildman–Crippen LogP) is -4.94. The second-order valence-corrected chi connectivity index (χ2v) is 11.6. The Hall–Kier alpha value is -3.50. The summed E-state index contributed by atoms with van der Waals surface area (Å²) in [5, 5.41) is 38.8. The molecule has 14 nitrogen and oxygen atoms in total. The normalized spacial score (nSPS) is 21.3. The van der Waals surface area contributed by atoms with Crippen molar-refractivity contribution in [2.24, 2.45) is 0 Å². The van der Waals surface area contributed by atoms with Gasteiger partial charge in [-0.15, -0.1) is 16.9 Å². The van der Waals surface area contributed by atoms with E-state index in [1.165, 1.54) is 53.1 Å². The number of fused-ring (bicyclic) bond motifs is 2. The monoisotopic (exact) mass is 590 g/mol. The molecule has 1 unspecified atom stereocenters. The van der Waals surface area contributed by atoms with E-state index in [0.29, 0.717) is 5.56 Å². The number of aliphatic carboxylic acids is 1. The maximum atomic E-state index is 13.5. The first-order valence-electron chi connectivity index (χ1n) is 12.0. The van der Waals surface area contributed by atoms with Gasteiger partial charge in [0.25, 0.3) is 11.5 Å². The first kappa shape index (κ1) is 30.5. The Morgan fingerprint density at radius 3 is 2.46 bits per heavy atom. The van der Waals surface area contributed by atoms with Gasteiger partial charge in [-0.2, -0.15) is 4.52 Å². The predicted molar refractivity (Wildman–Crippen MR) is 137 cm³/mol. The number of hydrogen-bond acceptors (Lipinski definition) is 11. The molecular formula is C25H23N6NaO8S. The van der Waals surface area contributed by atoms with Gasteiger partial charge in [-0.25, -0.2) is 4.98 Å². The van der Waals surface area contributed by atoms with E-state index in [9.17, 15) is 39.3 Å². The van der Waals surface area contributed by atoms with Gasteiger partial charge in [0.15, 0.2) is 5.65 Å². The number of aromatic hydroxyl groups is 1. The fourth-order valence-electron chi connectivity index (χ4n) is 4.80. The quantitative estimate of drug-likeness (QED) is 0.151. The van der Waals surface area contributed by atoms with E-state index in [-0.39, 0.29) is 47.4 Å². The maximum absolute atomic E-state index is 13.5. The van der Waals surface area contributed by atoms with Gasteiger partial charge in [-0.05, 0) is 31.0 Å². The third-order valence-electron chi connectivity index (χ3n) is 6.79. The number of carboxylic acid groups (broad SMARTS) is 1. The SMILES string of the molecule is CC1(C)S[C@@H]2[C@H](NC(=O)C(NC(=O)c3cnc4ccc(O)nn4c3=O)c3ccc(CO)cc3)C(=O)N2[C@H]1C(=O)[O-].[Na+]. The third-order valence-corrected chi connectivity index (χ3v) is 8.36. The number of rotatable bonds is 7. The minimum absolute atomic E-state index is 0. The van der Waals surface area contributed by atoms with Gasteiger partial charge in [0.2, 0.25) is 17.7 Å². The van der Waals surface area contributed by atoms with Crippen LogP contribution < -0.4 is 50.9 Å². The van der Waals surface area contributed by atoms with E-state index in [2.05, 4.69) is 20.7 Å². The molecule has 5 rings (SSSR count). The Morgan fingerprint density at radius 1 is 1.15 bits per heavy atom. The number of carboxylic acids is 1. The van der Waals surface area contributed by atoms with Crippen LogP contribution >= 0.6 is 11.8 Å². The second kappa shape index (κ2) is 11.4. The topological polar surface area (TPSA) is 206 Å². The largest absolute Gasteiger partial charge is 1.00 e. The third kappa shape index (κ3) is 5.42. The van der Waals surface area contributed by atoms with Gasteiger partial charge in [-0.1, -0.05) is 24.3 Å². The first-order chi connectivity index (χ1) is 18.9. The van der Waals surface area contributed by atoms with Crippen LogP contribution in [0.15, 0.2) is 47.4 Å². The minimum atomic E-state index is -1.40. The fourth-order valence-corrected chi connectivity index (χ4v) is 6.42. The summed E-state index contributed by atoms with van der Waals surface area (Å²) >= 11 is 1.21. The molecule has 3 aromatic rings. The smallest absolute Gasteiger partial charge is 0.548 e. The summed E-state index contributed by atoms with van der Waals surface area (Å²) in [6.45, 7) is 3.07. The van der Waals surface area contributed by atoms with E-state index in [4.69, 9.17) is 0 Å². The molecule has 4 atom stereocenters. The summed E-state index contributed by atoms with van der Waals surface area (Å²) in [4.78, 5) is 69.3. The molecule has 16 heteroatoms. The molecule has 0 spiro atoms. The van der Waals surface area contributed by atoms with Crippen molar-refractivity contribution in [3.8, 4) is 5.88 Å². The van der Waals surface area contributed by atoms with Crippen molar-refractivity contribution in [2.75, 3.05) is 0 Å². The molecule has 1 aromatic carbocycles. The van der Waals surface area contributed by atoms with Crippen molar-refractivity contribution in [1.29, 1.82) is 0 Å². The van der Waals surface area contributed by atoms with E-state index in [1.807, 2.05) is 0 Å². The van der Waals surface area contributed by atoms with Gasteiger partial charge in [-0.3, -0.25) is 19.2 Å². The van der Waals surface area contributed by atoms with Gasteiger partial charge >= 0.3 is 29.6 Å². The van der Waals surface area contributed by atoms with Gasteiger partial charge < -0.3 is 35.6 Å². The molecule has 2 aliphatic heterocycles.